The van der Waals surface area contributed by atoms with Crippen LogP contribution >= 0.6 is 22.6 Å². The summed E-state index contributed by atoms with van der Waals surface area (Å²) in [4.78, 5) is 15.2. The lowest BCUT2D eigenvalue weighted by molar-refractivity contribution is 0.0985. The van der Waals surface area contributed by atoms with Gasteiger partial charge in [0, 0.05) is 9.13 Å². The molecule has 1 amide bonds. The zero-order valence-corrected chi connectivity index (χ0v) is 16.8. The monoisotopic (exact) mass is 463 g/mol. The normalized spacial score (nSPS) is 10.7. The van der Waals surface area contributed by atoms with Crippen LogP contribution in [0.15, 0.2) is 97.1 Å². The Kier molecular flexibility index (Phi) is 5.21. The molecule has 0 atom stereocenters. The van der Waals surface area contributed by atoms with Crippen LogP contribution in [-0.2, 0) is 6.54 Å². The zero-order valence-electron chi connectivity index (χ0n) is 14.7. The molecule has 0 unspecified atom stereocenters. The van der Waals surface area contributed by atoms with Gasteiger partial charge in [0.2, 0.25) is 0 Å². The predicted octanol–water partition coefficient (Wildman–Crippen LogP) is 6.29. The molecular formula is C24H18INO. The van der Waals surface area contributed by atoms with Crippen molar-refractivity contribution in [2.45, 2.75) is 6.54 Å². The molecule has 0 aromatic heterocycles. The number of halogens is 1. The molecule has 0 aliphatic heterocycles. The van der Waals surface area contributed by atoms with Crippen LogP contribution in [-0.4, -0.2) is 5.91 Å². The Morgan fingerprint density at radius 3 is 1.96 bits per heavy atom. The number of anilines is 1. The third-order valence-corrected chi connectivity index (χ3v) is 5.42. The molecule has 0 spiro atoms. The van der Waals surface area contributed by atoms with E-state index in [1.165, 1.54) is 5.39 Å². The van der Waals surface area contributed by atoms with Gasteiger partial charge in [0.25, 0.3) is 5.91 Å². The second-order valence-corrected chi connectivity index (χ2v) is 7.56. The first-order valence-corrected chi connectivity index (χ1v) is 9.89. The van der Waals surface area contributed by atoms with Crippen LogP contribution in [0.2, 0.25) is 0 Å². The summed E-state index contributed by atoms with van der Waals surface area (Å²) in [7, 11) is 0. The molecule has 0 aliphatic rings. The van der Waals surface area contributed by atoms with E-state index in [-0.39, 0.29) is 5.91 Å². The van der Waals surface area contributed by atoms with E-state index in [9.17, 15) is 4.79 Å². The van der Waals surface area contributed by atoms with E-state index >= 15 is 0 Å². The molecule has 27 heavy (non-hydrogen) atoms. The quantitative estimate of drug-likeness (QED) is 0.326. The van der Waals surface area contributed by atoms with Crippen LogP contribution in [0.3, 0.4) is 0 Å². The third-order valence-electron chi connectivity index (χ3n) is 4.56. The number of hydrogen-bond donors (Lipinski definition) is 0. The van der Waals surface area contributed by atoms with Crippen molar-refractivity contribution in [3.8, 4) is 0 Å². The van der Waals surface area contributed by atoms with Crippen molar-refractivity contribution in [1.29, 1.82) is 0 Å². The molecule has 3 heteroatoms. The molecule has 0 aliphatic carbocycles. The molecule has 2 nitrogen and oxygen atoms in total. The first-order chi connectivity index (χ1) is 13.2. The fraction of sp³-hybridized carbons (Fsp3) is 0.0417. The molecule has 0 bridgehead atoms. The third kappa shape index (κ3) is 3.88. The molecule has 132 valence electrons. The molecule has 0 radical (unpaired) electrons. The molecular weight excluding hydrogens is 445 g/mol. The zero-order chi connectivity index (χ0) is 18.6. The molecule has 0 fully saturated rings. The topological polar surface area (TPSA) is 20.3 Å². The summed E-state index contributed by atoms with van der Waals surface area (Å²) in [6, 6.07) is 32.1. The first-order valence-electron chi connectivity index (χ1n) is 8.81. The van der Waals surface area contributed by atoms with E-state index in [0.717, 1.165) is 20.2 Å². The van der Waals surface area contributed by atoms with E-state index < -0.39 is 0 Å². The number of rotatable bonds is 4. The van der Waals surface area contributed by atoms with Crippen molar-refractivity contribution in [3.63, 3.8) is 0 Å². The standard InChI is InChI=1S/C24H18INO/c25-22-15-20-13-7-8-14-21(20)16-23(22)26(17-18-9-3-1-4-10-18)24(27)19-11-5-2-6-12-19/h1-16H,17H2. The fourth-order valence-corrected chi connectivity index (χ4v) is 3.96. The predicted molar refractivity (Wildman–Crippen MR) is 120 cm³/mol. The maximum absolute atomic E-state index is 13.4. The van der Waals surface area contributed by atoms with E-state index in [4.69, 9.17) is 0 Å². The van der Waals surface area contributed by atoms with Crippen LogP contribution in [0.4, 0.5) is 5.69 Å². The Labute approximate surface area is 172 Å². The van der Waals surface area contributed by atoms with Crippen LogP contribution < -0.4 is 4.90 Å². The van der Waals surface area contributed by atoms with Gasteiger partial charge in [0.1, 0.15) is 0 Å². The van der Waals surface area contributed by atoms with Crippen LogP contribution in [0.25, 0.3) is 10.8 Å². The van der Waals surface area contributed by atoms with Gasteiger partial charge in [0.15, 0.2) is 0 Å². The average Bonchev–Trinajstić information content (AvgIpc) is 2.72. The minimum Gasteiger partial charge on any atom is -0.303 e. The fourth-order valence-electron chi connectivity index (χ4n) is 3.18. The number of benzene rings is 4. The van der Waals surface area contributed by atoms with Crippen molar-refractivity contribution >= 4 is 45.0 Å². The summed E-state index contributed by atoms with van der Waals surface area (Å²) in [5.74, 6) is 0.00708. The van der Waals surface area contributed by atoms with Gasteiger partial charge >= 0.3 is 0 Å². The highest BCUT2D eigenvalue weighted by atomic mass is 127. The Bertz CT molecular complexity index is 1080. The number of carbonyl (C=O) groups excluding carboxylic acids is 1. The summed E-state index contributed by atoms with van der Waals surface area (Å²) in [5.41, 5.74) is 2.73. The number of carbonyl (C=O) groups is 1. The van der Waals surface area contributed by atoms with E-state index in [2.05, 4.69) is 59.0 Å². The molecule has 0 N–H and O–H groups in total. The molecule has 4 rings (SSSR count). The molecule has 4 aromatic carbocycles. The van der Waals surface area contributed by atoms with Crippen molar-refractivity contribution < 1.29 is 4.79 Å². The number of nitrogens with zero attached hydrogens (tertiary/aromatic N) is 1. The number of hydrogen-bond acceptors (Lipinski definition) is 1. The second kappa shape index (κ2) is 7.92. The number of amides is 1. The minimum absolute atomic E-state index is 0.00708. The van der Waals surface area contributed by atoms with Crippen molar-refractivity contribution in [3.05, 3.63) is 112 Å². The summed E-state index contributed by atoms with van der Waals surface area (Å²) in [6.45, 7) is 0.531. The van der Waals surface area contributed by atoms with Gasteiger partial charge in [-0.1, -0.05) is 72.8 Å². The largest absolute Gasteiger partial charge is 0.303 e. The Morgan fingerprint density at radius 2 is 1.30 bits per heavy atom. The van der Waals surface area contributed by atoms with Gasteiger partial charge in [-0.15, -0.1) is 0 Å². The lowest BCUT2D eigenvalue weighted by Gasteiger charge is -2.25. The Hall–Kier alpha value is -2.66. The van der Waals surface area contributed by atoms with Crippen LogP contribution in [0, 0.1) is 3.57 Å². The van der Waals surface area contributed by atoms with Crippen molar-refractivity contribution in [2.75, 3.05) is 4.90 Å². The molecule has 4 aromatic rings. The summed E-state index contributed by atoms with van der Waals surface area (Å²) < 4.78 is 1.06. The van der Waals surface area contributed by atoms with Gasteiger partial charge in [-0.2, -0.15) is 0 Å². The SMILES string of the molecule is O=C(c1ccccc1)N(Cc1ccccc1)c1cc2ccccc2cc1I. The van der Waals surface area contributed by atoms with E-state index in [1.54, 1.807) is 0 Å². The van der Waals surface area contributed by atoms with Crippen LogP contribution in [0.5, 0.6) is 0 Å². The Balaban J connectivity index is 1.82. The maximum atomic E-state index is 13.4. The minimum atomic E-state index is 0.00708. The summed E-state index contributed by atoms with van der Waals surface area (Å²) in [5, 5.41) is 2.31. The van der Waals surface area contributed by atoms with E-state index in [0.29, 0.717) is 12.1 Å². The highest BCUT2D eigenvalue weighted by molar-refractivity contribution is 14.1. The lowest BCUT2D eigenvalue weighted by atomic mass is 10.1. The lowest BCUT2D eigenvalue weighted by Crippen LogP contribution is -2.31. The van der Waals surface area contributed by atoms with E-state index in [1.807, 2.05) is 65.6 Å². The molecule has 0 saturated carbocycles. The molecule has 0 saturated heterocycles. The Morgan fingerprint density at radius 1 is 0.741 bits per heavy atom. The average molecular weight is 463 g/mol. The van der Waals surface area contributed by atoms with Gasteiger partial charge in [-0.05, 0) is 63.2 Å². The smallest absolute Gasteiger partial charge is 0.258 e. The highest BCUT2D eigenvalue weighted by Crippen LogP contribution is 2.30. The van der Waals surface area contributed by atoms with Crippen LogP contribution in [0.1, 0.15) is 15.9 Å². The molecule has 0 heterocycles. The first kappa shape index (κ1) is 17.7. The summed E-state index contributed by atoms with van der Waals surface area (Å²) in [6.07, 6.45) is 0. The van der Waals surface area contributed by atoms with Crippen molar-refractivity contribution in [2.24, 2.45) is 0 Å². The maximum Gasteiger partial charge on any atom is 0.258 e. The number of fused-ring (bicyclic) bond motifs is 1. The van der Waals surface area contributed by atoms with Gasteiger partial charge in [0.05, 0.1) is 12.2 Å². The second-order valence-electron chi connectivity index (χ2n) is 6.39. The summed E-state index contributed by atoms with van der Waals surface area (Å²) >= 11 is 2.33. The highest BCUT2D eigenvalue weighted by Gasteiger charge is 2.20. The van der Waals surface area contributed by atoms with Crippen molar-refractivity contribution in [1.82, 2.24) is 0 Å². The van der Waals surface area contributed by atoms with Gasteiger partial charge in [-0.3, -0.25) is 4.79 Å². The van der Waals surface area contributed by atoms with Gasteiger partial charge < -0.3 is 4.90 Å². The van der Waals surface area contributed by atoms with Gasteiger partial charge in [-0.25, -0.2) is 0 Å².